The van der Waals surface area contributed by atoms with Gasteiger partial charge < -0.3 is 9.32 Å². The van der Waals surface area contributed by atoms with Crippen molar-refractivity contribution in [1.82, 2.24) is 0 Å². The molecular formula is C43H31NO. The van der Waals surface area contributed by atoms with Gasteiger partial charge in [0, 0.05) is 38.6 Å². The molecule has 0 saturated heterocycles. The second kappa shape index (κ2) is 9.70. The molecule has 7 aromatic carbocycles. The summed E-state index contributed by atoms with van der Waals surface area (Å²) in [4.78, 5) is 2.36. The number of rotatable bonds is 4. The summed E-state index contributed by atoms with van der Waals surface area (Å²) in [7, 11) is 0. The second-order valence-corrected chi connectivity index (χ2v) is 12.6. The number of fused-ring (bicyclic) bond motifs is 8. The molecule has 1 aliphatic rings. The molecule has 45 heavy (non-hydrogen) atoms. The molecule has 0 unspecified atom stereocenters. The molecule has 0 atom stereocenters. The van der Waals surface area contributed by atoms with Crippen LogP contribution in [-0.4, -0.2) is 0 Å². The van der Waals surface area contributed by atoms with E-state index in [2.05, 4.69) is 158 Å². The maximum atomic E-state index is 6.36. The van der Waals surface area contributed by atoms with Crippen LogP contribution in [0.5, 0.6) is 0 Å². The van der Waals surface area contributed by atoms with Crippen molar-refractivity contribution in [2.24, 2.45) is 0 Å². The van der Waals surface area contributed by atoms with Crippen LogP contribution in [0.4, 0.5) is 17.1 Å². The highest BCUT2D eigenvalue weighted by Gasteiger charge is 2.35. The van der Waals surface area contributed by atoms with Crippen molar-refractivity contribution in [3.8, 4) is 22.3 Å². The first kappa shape index (κ1) is 25.9. The smallest absolute Gasteiger partial charge is 0.143 e. The predicted octanol–water partition coefficient (Wildman–Crippen LogP) is 12.2. The molecule has 1 aliphatic carbocycles. The molecule has 0 saturated carbocycles. The van der Waals surface area contributed by atoms with Gasteiger partial charge in [0.05, 0.1) is 0 Å². The number of hydrogen-bond acceptors (Lipinski definition) is 2. The Morgan fingerprint density at radius 2 is 1.13 bits per heavy atom. The molecular weight excluding hydrogens is 546 g/mol. The van der Waals surface area contributed by atoms with Crippen LogP contribution < -0.4 is 4.90 Å². The third-order valence-corrected chi connectivity index (χ3v) is 9.66. The van der Waals surface area contributed by atoms with Gasteiger partial charge in [-0.05, 0) is 93.4 Å². The SMILES string of the molecule is CC1(C)c2ccccc2-c2cc(N(c3ccccc3)c3ccc(-c4ccc5ccc6c7ccccc7oc6c5c4)cc3)ccc21. The van der Waals surface area contributed by atoms with Crippen LogP contribution in [0.3, 0.4) is 0 Å². The predicted molar refractivity (Wildman–Crippen MR) is 189 cm³/mol. The first-order valence-electron chi connectivity index (χ1n) is 15.6. The molecule has 0 radical (unpaired) electrons. The van der Waals surface area contributed by atoms with Gasteiger partial charge in [0.2, 0.25) is 0 Å². The third kappa shape index (κ3) is 3.96. The summed E-state index contributed by atoms with van der Waals surface area (Å²) >= 11 is 0. The van der Waals surface area contributed by atoms with Crippen molar-refractivity contribution >= 4 is 49.8 Å². The molecule has 1 aromatic heterocycles. The Bertz CT molecular complexity index is 2400. The Balaban J connectivity index is 1.14. The molecule has 0 N–H and O–H groups in total. The first-order chi connectivity index (χ1) is 22.1. The van der Waals surface area contributed by atoms with Gasteiger partial charge in [-0.25, -0.2) is 0 Å². The van der Waals surface area contributed by atoms with E-state index in [4.69, 9.17) is 4.42 Å². The fourth-order valence-corrected chi connectivity index (χ4v) is 7.36. The molecule has 1 heterocycles. The molecule has 0 amide bonds. The van der Waals surface area contributed by atoms with Gasteiger partial charge in [0.25, 0.3) is 0 Å². The maximum absolute atomic E-state index is 6.36. The molecule has 0 spiro atoms. The van der Waals surface area contributed by atoms with Crippen molar-refractivity contribution in [3.63, 3.8) is 0 Å². The van der Waals surface area contributed by atoms with Crippen LogP contribution in [-0.2, 0) is 5.41 Å². The van der Waals surface area contributed by atoms with Crippen molar-refractivity contribution in [1.29, 1.82) is 0 Å². The molecule has 0 bridgehead atoms. The fraction of sp³-hybridized carbons (Fsp3) is 0.0698. The van der Waals surface area contributed by atoms with Gasteiger partial charge in [0.15, 0.2) is 0 Å². The molecule has 8 aromatic rings. The first-order valence-corrected chi connectivity index (χ1v) is 15.6. The molecule has 0 aliphatic heterocycles. The Morgan fingerprint density at radius 3 is 2.00 bits per heavy atom. The standard InChI is InChI=1S/C43H31NO/c1-43(2)39-14-8-6-12-34(39)38-27-33(23-25-40(38)43)44(31-10-4-3-5-11-31)32-21-18-28(19-22-32)30-17-16-29-20-24-36-35-13-7-9-15-41(35)45-42(36)37(29)26-30/h3-27H,1-2H3. The van der Waals surface area contributed by atoms with E-state index in [1.165, 1.54) is 38.8 Å². The largest absolute Gasteiger partial charge is 0.455 e. The Labute approximate surface area is 262 Å². The summed E-state index contributed by atoms with van der Waals surface area (Å²) in [6.45, 7) is 4.66. The van der Waals surface area contributed by atoms with E-state index in [1.807, 2.05) is 12.1 Å². The highest BCUT2D eigenvalue weighted by molar-refractivity contribution is 6.15. The summed E-state index contributed by atoms with van der Waals surface area (Å²) in [5, 5.41) is 4.63. The van der Waals surface area contributed by atoms with E-state index in [0.717, 1.165) is 44.4 Å². The third-order valence-electron chi connectivity index (χ3n) is 9.66. The van der Waals surface area contributed by atoms with Crippen molar-refractivity contribution in [3.05, 3.63) is 163 Å². The zero-order valence-corrected chi connectivity index (χ0v) is 25.3. The van der Waals surface area contributed by atoms with Crippen LogP contribution in [0.1, 0.15) is 25.0 Å². The second-order valence-electron chi connectivity index (χ2n) is 12.6. The fourth-order valence-electron chi connectivity index (χ4n) is 7.36. The topological polar surface area (TPSA) is 16.4 Å². The zero-order valence-electron chi connectivity index (χ0n) is 25.3. The molecule has 2 heteroatoms. The van der Waals surface area contributed by atoms with E-state index < -0.39 is 0 Å². The van der Waals surface area contributed by atoms with Gasteiger partial charge >= 0.3 is 0 Å². The van der Waals surface area contributed by atoms with Crippen LogP contribution in [0.2, 0.25) is 0 Å². The summed E-state index contributed by atoms with van der Waals surface area (Å²) < 4.78 is 6.36. The number of benzene rings is 7. The minimum Gasteiger partial charge on any atom is -0.455 e. The molecule has 2 nitrogen and oxygen atoms in total. The average Bonchev–Trinajstić information content (AvgIpc) is 3.58. The van der Waals surface area contributed by atoms with Crippen LogP contribution in [0.15, 0.2) is 156 Å². The normalized spacial score (nSPS) is 13.3. The van der Waals surface area contributed by atoms with E-state index in [9.17, 15) is 0 Å². The summed E-state index contributed by atoms with van der Waals surface area (Å²) in [6.07, 6.45) is 0. The minimum absolute atomic E-state index is 0.0164. The Kier molecular flexibility index (Phi) is 5.58. The van der Waals surface area contributed by atoms with Gasteiger partial charge in [-0.2, -0.15) is 0 Å². The lowest BCUT2D eigenvalue weighted by atomic mass is 9.82. The van der Waals surface area contributed by atoms with Gasteiger partial charge in [0.1, 0.15) is 11.2 Å². The molecule has 0 fully saturated rings. The average molecular weight is 578 g/mol. The van der Waals surface area contributed by atoms with Gasteiger partial charge in [-0.3, -0.25) is 0 Å². The number of furan rings is 1. The minimum atomic E-state index is -0.0164. The van der Waals surface area contributed by atoms with E-state index >= 15 is 0 Å². The number of anilines is 3. The number of hydrogen-bond donors (Lipinski definition) is 0. The lowest BCUT2D eigenvalue weighted by molar-refractivity contribution is 0.660. The van der Waals surface area contributed by atoms with Crippen molar-refractivity contribution in [2.75, 3.05) is 4.90 Å². The van der Waals surface area contributed by atoms with Crippen LogP contribution in [0, 0.1) is 0 Å². The van der Waals surface area contributed by atoms with Gasteiger partial charge in [-0.1, -0.05) is 111 Å². The van der Waals surface area contributed by atoms with Crippen LogP contribution in [0.25, 0.3) is 55.0 Å². The summed E-state index contributed by atoms with van der Waals surface area (Å²) in [5.74, 6) is 0. The highest BCUT2D eigenvalue weighted by atomic mass is 16.3. The number of nitrogens with zero attached hydrogens (tertiary/aromatic N) is 1. The zero-order chi connectivity index (χ0) is 30.1. The Hall–Kier alpha value is -5.60. The van der Waals surface area contributed by atoms with E-state index in [0.29, 0.717) is 0 Å². The highest BCUT2D eigenvalue weighted by Crippen LogP contribution is 2.50. The van der Waals surface area contributed by atoms with E-state index in [1.54, 1.807) is 0 Å². The number of para-hydroxylation sites is 2. The Morgan fingerprint density at radius 1 is 0.467 bits per heavy atom. The maximum Gasteiger partial charge on any atom is 0.143 e. The quantitative estimate of drug-likeness (QED) is 0.207. The summed E-state index contributed by atoms with van der Waals surface area (Å²) in [6, 6.07) is 54.7. The van der Waals surface area contributed by atoms with Crippen LogP contribution >= 0.6 is 0 Å². The van der Waals surface area contributed by atoms with Crippen molar-refractivity contribution < 1.29 is 4.42 Å². The lowest BCUT2D eigenvalue weighted by Crippen LogP contribution is -2.15. The van der Waals surface area contributed by atoms with E-state index in [-0.39, 0.29) is 5.41 Å². The molecule has 214 valence electrons. The van der Waals surface area contributed by atoms with Gasteiger partial charge in [-0.15, -0.1) is 0 Å². The lowest BCUT2D eigenvalue weighted by Gasteiger charge is -2.27. The monoisotopic (exact) mass is 577 g/mol. The van der Waals surface area contributed by atoms with Crippen molar-refractivity contribution in [2.45, 2.75) is 19.3 Å². The molecule has 9 rings (SSSR count). The summed E-state index contributed by atoms with van der Waals surface area (Å²) in [5.41, 5.74) is 13.0.